The number of alkyl halides is 3. The van der Waals surface area contributed by atoms with E-state index in [9.17, 15) is 22.7 Å². The van der Waals surface area contributed by atoms with Crippen LogP contribution in [0.1, 0.15) is 24.2 Å². The maximum absolute atomic E-state index is 13.7. The molecule has 2 rings (SSSR count). The molecule has 0 saturated heterocycles. The predicted molar refractivity (Wildman–Crippen MR) is 67.5 cm³/mol. The maximum Gasteiger partial charge on any atom is 0.416 e. The molecule has 1 nitrogen and oxygen atoms in total. The molecule has 1 unspecified atom stereocenters. The molecular formula is C15H12F4O. The fourth-order valence-corrected chi connectivity index (χ4v) is 1.90. The summed E-state index contributed by atoms with van der Waals surface area (Å²) in [5.74, 6) is -0.586. The lowest BCUT2D eigenvalue weighted by atomic mass is 10.0. The summed E-state index contributed by atoms with van der Waals surface area (Å²) < 4.78 is 51.0. The number of rotatable bonds is 2. The van der Waals surface area contributed by atoms with Crippen molar-refractivity contribution in [1.29, 1.82) is 0 Å². The highest BCUT2D eigenvalue weighted by atomic mass is 19.4. The third kappa shape index (κ3) is 2.99. The topological polar surface area (TPSA) is 20.2 Å². The van der Waals surface area contributed by atoms with Crippen molar-refractivity contribution >= 4 is 0 Å². The summed E-state index contributed by atoms with van der Waals surface area (Å²) in [7, 11) is 0. The van der Waals surface area contributed by atoms with Crippen LogP contribution in [0.15, 0.2) is 42.5 Å². The molecule has 0 aliphatic carbocycles. The minimum Gasteiger partial charge on any atom is -0.389 e. The van der Waals surface area contributed by atoms with Crippen LogP contribution >= 0.6 is 0 Å². The fraction of sp³-hybridized carbons (Fsp3) is 0.200. The van der Waals surface area contributed by atoms with E-state index in [1.165, 1.54) is 31.2 Å². The monoisotopic (exact) mass is 284 g/mol. The van der Waals surface area contributed by atoms with Gasteiger partial charge < -0.3 is 5.11 Å². The number of hydrogen-bond acceptors (Lipinski definition) is 1. The van der Waals surface area contributed by atoms with Crippen molar-refractivity contribution in [3.05, 3.63) is 59.4 Å². The Balaban J connectivity index is 2.35. The second-order valence-corrected chi connectivity index (χ2v) is 4.49. The van der Waals surface area contributed by atoms with Crippen LogP contribution in [-0.2, 0) is 6.18 Å². The molecule has 0 saturated carbocycles. The largest absolute Gasteiger partial charge is 0.416 e. The molecule has 5 heteroatoms. The van der Waals surface area contributed by atoms with E-state index in [1.54, 1.807) is 6.07 Å². The van der Waals surface area contributed by atoms with Gasteiger partial charge in [0.05, 0.1) is 11.7 Å². The Kier molecular flexibility index (Phi) is 3.81. The van der Waals surface area contributed by atoms with Crippen molar-refractivity contribution in [2.45, 2.75) is 19.2 Å². The highest BCUT2D eigenvalue weighted by Gasteiger charge is 2.29. The molecule has 0 aromatic heterocycles. The van der Waals surface area contributed by atoms with Crippen molar-refractivity contribution in [3.63, 3.8) is 0 Å². The first-order valence-electron chi connectivity index (χ1n) is 5.94. The molecule has 0 aliphatic rings. The van der Waals surface area contributed by atoms with Gasteiger partial charge in [-0.1, -0.05) is 24.3 Å². The molecule has 0 radical (unpaired) electrons. The molecule has 1 atom stereocenters. The molecule has 20 heavy (non-hydrogen) atoms. The Hall–Kier alpha value is -1.88. The molecule has 0 amide bonds. The highest BCUT2D eigenvalue weighted by Crippen LogP contribution is 2.31. The van der Waals surface area contributed by atoms with Crippen molar-refractivity contribution in [1.82, 2.24) is 0 Å². The van der Waals surface area contributed by atoms with Gasteiger partial charge >= 0.3 is 6.18 Å². The van der Waals surface area contributed by atoms with Crippen LogP contribution in [0.3, 0.4) is 0 Å². The van der Waals surface area contributed by atoms with Crippen molar-refractivity contribution in [2.75, 3.05) is 0 Å². The number of hydrogen-bond donors (Lipinski definition) is 1. The Morgan fingerprint density at radius 3 is 1.95 bits per heavy atom. The highest BCUT2D eigenvalue weighted by molar-refractivity contribution is 5.64. The average Bonchev–Trinajstić information content (AvgIpc) is 2.37. The Bertz CT molecular complexity index is 600. The summed E-state index contributed by atoms with van der Waals surface area (Å²) in [4.78, 5) is 0. The van der Waals surface area contributed by atoms with Crippen LogP contribution in [0.4, 0.5) is 17.6 Å². The molecule has 0 aliphatic heterocycles. The molecule has 0 spiro atoms. The number of aliphatic hydroxyl groups excluding tert-OH is 1. The lowest BCUT2D eigenvalue weighted by molar-refractivity contribution is -0.137. The summed E-state index contributed by atoms with van der Waals surface area (Å²) >= 11 is 0. The lowest BCUT2D eigenvalue weighted by Crippen LogP contribution is -2.04. The van der Waals surface area contributed by atoms with Gasteiger partial charge in [0.2, 0.25) is 0 Å². The van der Waals surface area contributed by atoms with Crippen molar-refractivity contribution in [2.24, 2.45) is 0 Å². The average molecular weight is 284 g/mol. The fourth-order valence-electron chi connectivity index (χ4n) is 1.90. The minimum absolute atomic E-state index is 0.153. The summed E-state index contributed by atoms with van der Waals surface area (Å²) in [6.45, 7) is 1.44. The van der Waals surface area contributed by atoms with E-state index in [0.29, 0.717) is 11.1 Å². The zero-order chi connectivity index (χ0) is 14.9. The van der Waals surface area contributed by atoms with E-state index in [4.69, 9.17) is 0 Å². The van der Waals surface area contributed by atoms with E-state index in [-0.39, 0.29) is 5.56 Å². The zero-order valence-corrected chi connectivity index (χ0v) is 10.6. The standard InChI is InChI=1S/C15H12F4O/c1-9(20)13-7-4-11(8-14(13)16)10-2-5-12(6-3-10)15(17,18)19/h2-9,20H,1H3. The molecular weight excluding hydrogens is 272 g/mol. The molecule has 0 bridgehead atoms. The van der Waals surface area contributed by atoms with Crippen LogP contribution < -0.4 is 0 Å². The van der Waals surface area contributed by atoms with Gasteiger partial charge in [0.1, 0.15) is 5.82 Å². The molecule has 1 N–H and O–H groups in total. The first kappa shape index (κ1) is 14.5. The third-order valence-electron chi connectivity index (χ3n) is 3.00. The molecule has 2 aromatic carbocycles. The van der Waals surface area contributed by atoms with Crippen LogP contribution in [0.2, 0.25) is 0 Å². The smallest absolute Gasteiger partial charge is 0.389 e. The normalized spacial score (nSPS) is 13.3. The van der Waals surface area contributed by atoms with Gasteiger partial charge in [0.25, 0.3) is 0 Å². The second kappa shape index (κ2) is 5.25. The Morgan fingerprint density at radius 2 is 1.50 bits per heavy atom. The van der Waals surface area contributed by atoms with Crippen LogP contribution in [0, 0.1) is 5.82 Å². The van der Waals surface area contributed by atoms with Gasteiger partial charge in [-0.3, -0.25) is 0 Å². The van der Waals surface area contributed by atoms with Gasteiger partial charge in [-0.05, 0) is 36.2 Å². The summed E-state index contributed by atoms with van der Waals surface area (Å²) in [5, 5.41) is 9.33. The molecule has 2 aromatic rings. The van der Waals surface area contributed by atoms with Gasteiger partial charge in [0.15, 0.2) is 0 Å². The van der Waals surface area contributed by atoms with E-state index >= 15 is 0 Å². The predicted octanol–water partition coefficient (Wildman–Crippen LogP) is 4.56. The minimum atomic E-state index is -4.39. The SMILES string of the molecule is CC(O)c1ccc(-c2ccc(C(F)(F)F)cc2)cc1F. The summed E-state index contributed by atoms with van der Waals surface area (Å²) in [5.41, 5.74) is 0.345. The number of benzene rings is 2. The Morgan fingerprint density at radius 1 is 0.950 bits per heavy atom. The van der Waals surface area contributed by atoms with Gasteiger partial charge in [0, 0.05) is 5.56 Å². The number of halogens is 4. The molecule has 0 heterocycles. The van der Waals surface area contributed by atoms with Gasteiger partial charge in [-0.15, -0.1) is 0 Å². The van der Waals surface area contributed by atoms with E-state index in [1.807, 2.05) is 0 Å². The van der Waals surface area contributed by atoms with Gasteiger partial charge in [-0.2, -0.15) is 13.2 Å². The van der Waals surface area contributed by atoms with E-state index < -0.39 is 23.7 Å². The molecule has 106 valence electrons. The maximum atomic E-state index is 13.7. The van der Waals surface area contributed by atoms with Crippen LogP contribution in [-0.4, -0.2) is 5.11 Å². The lowest BCUT2D eigenvalue weighted by Gasteiger charge is -2.10. The zero-order valence-electron chi connectivity index (χ0n) is 10.6. The first-order valence-corrected chi connectivity index (χ1v) is 5.94. The van der Waals surface area contributed by atoms with Crippen molar-refractivity contribution in [3.8, 4) is 11.1 Å². The second-order valence-electron chi connectivity index (χ2n) is 4.49. The van der Waals surface area contributed by atoms with E-state index in [2.05, 4.69) is 0 Å². The quantitative estimate of drug-likeness (QED) is 0.801. The van der Waals surface area contributed by atoms with Crippen LogP contribution in [0.5, 0.6) is 0 Å². The van der Waals surface area contributed by atoms with Crippen LogP contribution in [0.25, 0.3) is 11.1 Å². The first-order chi connectivity index (χ1) is 9.29. The van der Waals surface area contributed by atoms with E-state index in [0.717, 1.165) is 12.1 Å². The molecule has 0 fully saturated rings. The third-order valence-corrected chi connectivity index (χ3v) is 3.00. The summed E-state index contributed by atoms with van der Waals surface area (Å²) in [6, 6.07) is 8.68. The Labute approximate surface area is 113 Å². The van der Waals surface area contributed by atoms with Crippen molar-refractivity contribution < 1.29 is 22.7 Å². The summed E-state index contributed by atoms with van der Waals surface area (Å²) in [6.07, 6.45) is -5.32. The van der Waals surface area contributed by atoms with Gasteiger partial charge in [-0.25, -0.2) is 4.39 Å². The number of aliphatic hydroxyl groups is 1.